The molecular weight excluding hydrogens is 393 g/mol. The number of halogens is 6. The minimum Gasteiger partial charge on any atom is -0.438 e. The van der Waals surface area contributed by atoms with E-state index in [1.54, 1.807) is 12.1 Å². The fourth-order valence-electron chi connectivity index (χ4n) is 1.32. The Kier molecular flexibility index (Phi) is 4.84. The Labute approximate surface area is 133 Å². The van der Waals surface area contributed by atoms with E-state index < -0.39 is 15.1 Å². The summed E-state index contributed by atoms with van der Waals surface area (Å²) < 4.78 is 68.2. The standard InChI is InChI=1S/C11H7BrF5NOS.C2H6/c12-10-2-1-7-18-11(10)19-8-3-5-9(6-4-8)20(13,14,15,16)17;1-2/h1-7H;1-2H3. The number of aromatic nitrogens is 1. The molecule has 1 aromatic carbocycles. The first-order valence-corrected chi connectivity index (χ1v) is 8.83. The molecule has 0 saturated carbocycles. The molecule has 0 fully saturated rings. The highest BCUT2D eigenvalue weighted by molar-refractivity contribution is 9.10. The van der Waals surface area contributed by atoms with Gasteiger partial charge >= 0.3 is 10.2 Å². The van der Waals surface area contributed by atoms with E-state index in [2.05, 4.69) is 20.9 Å². The van der Waals surface area contributed by atoms with Crippen molar-refractivity contribution in [1.29, 1.82) is 0 Å². The zero-order valence-corrected chi connectivity index (χ0v) is 14.0. The molecule has 1 aromatic heterocycles. The Morgan fingerprint density at radius 2 is 1.50 bits per heavy atom. The van der Waals surface area contributed by atoms with Crippen molar-refractivity contribution in [2.24, 2.45) is 0 Å². The van der Waals surface area contributed by atoms with Gasteiger partial charge in [0.05, 0.1) is 4.47 Å². The Bertz CT molecular complexity index is 646. The van der Waals surface area contributed by atoms with Crippen LogP contribution in [0.5, 0.6) is 11.6 Å². The topological polar surface area (TPSA) is 22.1 Å². The number of pyridine rings is 1. The molecule has 22 heavy (non-hydrogen) atoms. The fraction of sp³-hybridized carbons (Fsp3) is 0.154. The van der Waals surface area contributed by atoms with Crippen LogP contribution < -0.4 is 4.74 Å². The molecule has 0 aliphatic heterocycles. The van der Waals surface area contributed by atoms with Crippen molar-refractivity contribution in [3.8, 4) is 11.6 Å². The average molecular weight is 406 g/mol. The van der Waals surface area contributed by atoms with Gasteiger partial charge in [-0.25, -0.2) is 4.98 Å². The van der Waals surface area contributed by atoms with Crippen molar-refractivity contribution in [1.82, 2.24) is 4.98 Å². The number of hydrogen-bond acceptors (Lipinski definition) is 2. The second kappa shape index (κ2) is 5.69. The van der Waals surface area contributed by atoms with E-state index in [-0.39, 0.29) is 23.8 Å². The zero-order chi connectivity index (χ0) is 17.1. The van der Waals surface area contributed by atoms with Crippen molar-refractivity contribution in [2.45, 2.75) is 18.7 Å². The predicted molar refractivity (Wildman–Crippen MR) is 81.2 cm³/mol. The summed E-state index contributed by atoms with van der Waals surface area (Å²) >= 11 is 3.14. The first-order valence-electron chi connectivity index (χ1n) is 6.08. The fourth-order valence-corrected chi connectivity index (χ4v) is 2.31. The zero-order valence-electron chi connectivity index (χ0n) is 11.6. The number of rotatable bonds is 3. The van der Waals surface area contributed by atoms with Gasteiger partial charge in [0.2, 0.25) is 5.88 Å². The lowest BCUT2D eigenvalue weighted by atomic mass is 10.3. The molecule has 0 radical (unpaired) electrons. The first kappa shape index (κ1) is 18.7. The molecule has 0 saturated heterocycles. The van der Waals surface area contributed by atoms with Crippen LogP contribution >= 0.6 is 26.2 Å². The van der Waals surface area contributed by atoms with Gasteiger partial charge in [0.15, 0.2) is 0 Å². The van der Waals surface area contributed by atoms with Crippen LogP contribution in [0.4, 0.5) is 19.4 Å². The van der Waals surface area contributed by atoms with Gasteiger partial charge in [0.1, 0.15) is 10.6 Å². The highest BCUT2D eigenvalue weighted by Gasteiger charge is 2.65. The molecular formula is C13H13BrF5NOS. The largest absolute Gasteiger partial charge is 0.438 e. The lowest BCUT2D eigenvalue weighted by Gasteiger charge is -2.40. The van der Waals surface area contributed by atoms with Crippen LogP contribution in [0.3, 0.4) is 0 Å². The van der Waals surface area contributed by atoms with E-state index in [0.29, 0.717) is 4.47 Å². The number of ether oxygens (including phenoxy) is 1. The normalized spacial score (nSPS) is 14.2. The molecule has 2 aromatic rings. The maximum Gasteiger partial charge on any atom is 0.310 e. The van der Waals surface area contributed by atoms with Crippen LogP contribution in [-0.2, 0) is 0 Å². The van der Waals surface area contributed by atoms with Crippen molar-refractivity contribution in [2.75, 3.05) is 0 Å². The van der Waals surface area contributed by atoms with Gasteiger partial charge in [-0.2, -0.15) is 0 Å². The molecule has 2 nitrogen and oxygen atoms in total. The molecule has 0 aliphatic rings. The molecule has 0 aliphatic carbocycles. The summed E-state index contributed by atoms with van der Waals surface area (Å²) in [6.45, 7) is 4.00. The Balaban J connectivity index is 0.00000116. The van der Waals surface area contributed by atoms with Crippen LogP contribution in [0.2, 0.25) is 0 Å². The molecule has 9 heteroatoms. The van der Waals surface area contributed by atoms with E-state index in [1.165, 1.54) is 6.20 Å². The number of benzene rings is 1. The van der Waals surface area contributed by atoms with Gasteiger partial charge in [-0.05, 0) is 52.3 Å². The van der Waals surface area contributed by atoms with Crippen LogP contribution in [0.25, 0.3) is 0 Å². The minimum absolute atomic E-state index is 0.0324. The summed E-state index contributed by atoms with van der Waals surface area (Å²) in [6.07, 6.45) is 1.42. The average Bonchev–Trinajstić information content (AvgIpc) is 2.42. The van der Waals surface area contributed by atoms with E-state index >= 15 is 0 Å². The van der Waals surface area contributed by atoms with E-state index in [0.717, 1.165) is 12.1 Å². The second-order valence-corrected chi connectivity index (χ2v) is 7.10. The molecule has 124 valence electrons. The SMILES string of the molecule is CC.FS(F)(F)(F)(F)c1ccc(Oc2ncccc2Br)cc1. The van der Waals surface area contributed by atoms with E-state index in [4.69, 9.17) is 4.74 Å². The monoisotopic (exact) mass is 405 g/mol. The molecule has 0 spiro atoms. The van der Waals surface area contributed by atoms with Gasteiger partial charge in [-0.15, -0.1) is 0 Å². The molecule has 0 atom stereocenters. The van der Waals surface area contributed by atoms with Crippen LogP contribution in [0, 0.1) is 0 Å². The molecule has 0 bridgehead atoms. The van der Waals surface area contributed by atoms with Gasteiger partial charge < -0.3 is 4.74 Å². The Morgan fingerprint density at radius 3 is 1.95 bits per heavy atom. The Hall–Kier alpha value is -1.35. The van der Waals surface area contributed by atoms with Crippen molar-refractivity contribution >= 4 is 26.2 Å². The lowest BCUT2D eigenvalue weighted by molar-refractivity contribution is 0.363. The van der Waals surface area contributed by atoms with Crippen LogP contribution in [0.1, 0.15) is 13.8 Å². The van der Waals surface area contributed by atoms with Gasteiger partial charge in [-0.1, -0.05) is 33.3 Å². The molecule has 0 unspecified atom stereocenters. The summed E-state index contributed by atoms with van der Waals surface area (Å²) in [5.41, 5.74) is 0. The third kappa shape index (κ3) is 5.13. The van der Waals surface area contributed by atoms with Gasteiger partial charge in [0.25, 0.3) is 0 Å². The molecule has 0 amide bonds. The summed E-state index contributed by atoms with van der Waals surface area (Å²) in [5, 5.41) is 0. The third-order valence-electron chi connectivity index (χ3n) is 2.21. The Morgan fingerprint density at radius 1 is 0.955 bits per heavy atom. The summed E-state index contributed by atoms with van der Waals surface area (Å²) in [4.78, 5) is 1.88. The highest BCUT2D eigenvalue weighted by atomic mass is 79.9. The van der Waals surface area contributed by atoms with Crippen LogP contribution in [-0.4, -0.2) is 4.98 Å². The summed E-state index contributed by atoms with van der Waals surface area (Å²) in [6, 6.07) is 5.43. The maximum absolute atomic E-state index is 12.5. The predicted octanol–water partition coefficient (Wildman–Crippen LogP) is 7.32. The highest BCUT2D eigenvalue weighted by Crippen LogP contribution is 3.02. The van der Waals surface area contributed by atoms with E-state index in [1.807, 2.05) is 13.8 Å². The maximum atomic E-state index is 12.5. The first-order chi connectivity index (χ1) is 9.95. The number of hydrogen-bond donors (Lipinski definition) is 0. The summed E-state index contributed by atoms with van der Waals surface area (Å²) in [5.74, 6) is 0.0857. The van der Waals surface area contributed by atoms with E-state index in [9.17, 15) is 19.4 Å². The second-order valence-electron chi connectivity index (χ2n) is 3.83. The quantitative estimate of drug-likeness (QED) is 0.499. The van der Waals surface area contributed by atoms with Gasteiger partial charge in [-0.3, -0.25) is 0 Å². The molecule has 1 heterocycles. The third-order valence-corrected chi connectivity index (χ3v) is 3.97. The number of nitrogens with zero attached hydrogens (tertiary/aromatic N) is 1. The summed E-state index contributed by atoms with van der Waals surface area (Å²) in [7, 11) is -9.64. The van der Waals surface area contributed by atoms with Crippen molar-refractivity contribution in [3.05, 3.63) is 47.1 Å². The van der Waals surface area contributed by atoms with Crippen molar-refractivity contribution < 1.29 is 24.2 Å². The van der Waals surface area contributed by atoms with Crippen LogP contribution in [0.15, 0.2) is 52.0 Å². The minimum atomic E-state index is -9.64. The molecule has 0 N–H and O–H groups in total. The smallest absolute Gasteiger partial charge is 0.310 e. The molecule has 2 rings (SSSR count). The lowest BCUT2D eigenvalue weighted by Crippen LogP contribution is -2.05. The van der Waals surface area contributed by atoms with Crippen molar-refractivity contribution in [3.63, 3.8) is 0 Å². The van der Waals surface area contributed by atoms with Gasteiger partial charge in [0, 0.05) is 6.20 Å².